The quantitative estimate of drug-likeness (QED) is 0.621. The van der Waals surface area contributed by atoms with Gasteiger partial charge in [-0.05, 0) is 22.0 Å². The van der Waals surface area contributed by atoms with Gasteiger partial charge in [0.2, 0.25) is 5.78 Å². The zero-order valence-corrected chi connectivity index (χ0v) is 12.7. The Bertz CT molecular complexity index is 719. The standard InChI is InChI=1S/C13H11BrF3N3O/c1-19(2)4-3-11(21)10-6-18-12-5-8(13(15,16)17)9(14)7-20(10)12/h3-7H,1-2H3. The van der Waals surface area contributed by atoms with Crippen LogP contribution in [-0.4, -0.2) is 34.2 Å². The first-order valence-corrected chi connectivity index (χ1v) is 6.62. The van der Waals surface area contributed by atoms with Crippen LogP contribution in [0.4, 0.5) is 13.2 Å². The van der Waals surface area contributed by atoms with Crippen molar-refractivity contribution in [2.45, 2.75) is 6.18 Å². The number of nitrogens with zero attached hydrogens (tertiary/aromatic N) is 3. The second-order valence-corrected chi connectivity index (χ2v) is 5.40. The highest BCUT2D eigenvalue weighted by Crippen LogP contribution is 2.35. The van der Waals surface area contributed by atoms with Crippen LogP contribution in [0, 0.1) is 0 Å². The molecule has 0 aliphatic carbocycles. The minimum atomic E-state index is -4.48. The molecule has 2 aromatic heterocycles. The van der Waals surface area contributed by atoms with Crippen molar-refractivity contribution >= 4 is 27.4 Å². The van der Waals surface area contributed by atoms with E-state index in [9.17, 15) is 18.0 Å². The summed E-state index contributed by atoms with van der Waals surface area (Å²) in [6.45, 7) is 0. The molecule has 0 fully saturated rings. The van der Waals surface area contributed by atoms with E-state index in [1.54, 1.807) is 25.2 Å². The van der Waals surface area contributed by atoms with E-state index < -0.39 is 11.7 Å². The van der Waals surface area contributed by atoms with Crippen LogP contribution in [0.1, 0.15) is 16.1 Å². The molecule has 8 heteroatoms. The molecule has 2 aromatic rings. The number of ketones is 1. The van der Waals surface area contributed by atoms with Gasteiger partial charge in [-0.15, -0.1) is 0 Å². The fourth-order valence-electron chi connectivity index (χ4n) is 1.70. The predicted octanol–water partition coefficient (Wildman–Crippen LogP) is 3.37. The van der Waals surface area contributed by atoms with E-state index in [4.69, 9.17) is 0 Å². The molecule has 0 aromatic carbocycles. The minimum Gasteiger partial charge on any atom is -0.383 e. The molecule has 0 amide bonds. The van der Waals surface area contributed by atoms with Crippen molar-refractivity contribution in [3.05, 3.63) is 46.5 Å². The maximum absolute atomic E-state index is 12.8. The summed E-state index contributed by atoms with van der Waals surface area (Å²) >= 11 is 2.88. The Morgan fingerprint density at radius 3 is 2.67 bits per heavy atom. The number of imidazole rings is 1. The fourth-order valence-corrected chi connectivity index (χ4v) is 2.24. The van der Waals surface area contributed by atoms with Crippen LogP contribution >= 0.6 is 15.9 Å². The van der Waals surface area contributed by atoms with Crippen LogP contribution in [0.3, 0.4) is 0 Å². The molecule has 0 bridgehead atoms. The minimum absolute atomic E-state index is 0.0622. The zero-order valence-electron chi connectivity index (χ0n) is 11.1. The molecule has 0 spiro atoms. The van der Waals surface area contributed by atoms with Gasteiger partial charge in [0.05, 0.1) is 11.8 Å². The highest BCUT2D eigenvalue weighted by Gasteiger charge is 2.33. The molecule has 112 valence electrons. The molecule has 21 heavy (non-hydrogen) atoms. The average molecular weight is 362 g/mol. The average Bonchev–Trinajstić information content (AvgIpc) is 2.76. The molecular weight excluding hydrogens is 351 g/mol. The summed E-state index contributed by atoms with van der Waals surface area (Å²) in [6, 6.07) is 0.899. The Hall–Kier alpha value is -1.83. The maximum Gasteiger partial charge on any atom is 0.417 e. The summed E-state index contributed by atoms with van der Waals surface area (Å²) in [4.78, 5) is 17.5. The monoisotopic (exact) mass is 361 g/mol. The number of carbonyl (C=O) groups is 1. The third kappa shape index (κ3) is 3.26. The number of hydrogen-bond acceptors (Lipinski definition) is 3. The van der Waals surface area contributed by atoms with Gasteiger partial charge < -0.3 is 4.90 Å². The summed E-state index contributed by atoms with van der Waals surface area (Å²) in [6.07, 6.45) is 0.851. The van der Waals surface area contributed by atoms with Crippen LogP contribution in [0.5, 0.6) is 0 Å². The van der Waals surface area contributed by atoms with Crippen molar-refractivity contribution in [3.63, 3.8) is 0 Å². The van der Waals surface area contributed by atoms with Gasteiger partial charge in [-0.3, -0.25) is 9.20 Å². The molecule has 0 aliphatic heterocycles. The van der Waals surface area contributed by atoms with Crippen LogP contribution in [0.15, 0.2) is 35.2 Å². The summed E-state index contributed by atoms with van der Waals surface area (Å²) in [5, 5.41) is 0. The summed E-state index contributed by atoms with van der Waals surface area (Å²) in [7, 11) is 3.51. The van der Waals surface area contributed by atoms with Gasteiger partial charge in [0.1, 0.15) is 11.3 Å². The van der Waals surface area contributed by atoms with Crippen molar-refractivity contribution in [3.8, 4) is 0 Å². The second-order valence-electron chi connectivity index (χ2n) is 4.55. The van der Waals surface area contributed by atoms with Crippen molar-refractivity contribution < 1.29 is 18.0 Å². The fraction of sp³-hybridized carbons (Fsp3) is 0.231. The molecule has 0 N–H and O–H groups in total. The summed E-state index contributed by atoms with van der Waals surface area (Å²) in [5.74, 6) is -0.345. The lowest BCUT2D eigenvalue weighted by atomic mass is 10.2. The molecular formula is C13H11BrF3N3O. The van der Waals surface area contributed by atoms with Crippen LogP contribution in [-0.2, 0) is 6.18 Å². The van der Waals surface area contributed by atoms with Crippen molar-refractivity contribution in [2.24, 2.45) is 0 Å². The van der Waals surface area contributed by atoms with Gasteiger partial charge >= 0.3 is 6.18 Å². The number of rotatable bonds is 3. The Balaban J connectivity index is 2.51. The zero-order chi connectivity index (χ0) is 15.8. The van der Waals surface area contributed by atoms with E-state index in [0.717, 1.165) is 6.07 Å². The van der Waals surface area contributed by atoms with Gasteiger partial charge in [-0.1, -0.05) is 0 Å². The summed E-state index contributed by atoms with van der Waals surface area (Å²) in [5.41, 5.74) is -0.576. The van der Waals surface area contributed by atoms with Gasteiger partial charge in [-0.25, -0.2) is 4.98 Å². The van der Waals surface area contributed by atoms with E-state index >= 15 is 0 Å². The Morgan fingerprint density at radius 2 is 2.10 bits per heavy atom. The topological polar surface area (TPSA) is 37.6 Å². The largest absolute Gasteiger partial charge is 0.417 e. The highest BCUT2D eigenvalue weighted by molar-refractivity contribution is 9.10. The lowest BCUT2D eigenvalue weighted by Gasteiger charge is -2.10. The second kappa shape index (κ2) is 5.51. The van der Waals surface area contributed by atoms with Crippen molar-refractivity contribution in [2.75, 3.05) is 14.1 Å². The molecule has 0 radical (unpaired) electrons. The molecule has 0 atom stereocenters. The first-order chi connectivity index (χ1) is 9.70. The van der Waals surface area contributed by atoms with E-state index in [1.165, 1.54) is 22.9 Å². The van der Waals surface area contributed by atoms with Gasteiger partial charge in [-0.2, -0.15) is 13.2 Å². The normalized spacial score (nSPS) is 12.3. The smallest absolute Gasteiger partial charge is 0.383 e. The van der Waals surface area contributed by atoms with Crippen LogP contribution < -0.4 is 0 Å². The third-order valence-corrected chi connectivity index (χ3v) is 3.31. The number of pyridine rings is 1. The number of aromatic nitrogens is 2. The number of halogens is 4. The molecule has 0 saturated carbocycles. The van der Waals surface area contributed by atoms with E-state index in [0.29, 0.717) is 0 Å². The van der Waals surface area contributed by atoms with Crippen LogP contribution in [0.2, 0.25) is 0 Å². The first kappa shape index (κ1) is 15.6. The van der Waals surface area contributed by atoms with Gasteiger partial charge in [0.25, 0.3) is 0 Å². The Labute approximate surface area is 127 Å². The van der Waals surface area contributed by atoms with Crippen molar-refractivity contribution in [1.29, 1.82) is 0 Å². The van der Waals surface area contributed by atoms with Crippen molar-refractivity contribution in [1.82, 2.24) is 14.3 Å². The number of carbonyl (C=O) groups excluding carboxylic acids is 1. The molecule has 0 aliphatic rings. The van der Waals surface area contributed by atoms with E-state index in [2.05, 4.69) is 20.9 Å². The lowest BCUT2D eigenvalue weighted by molar-refractivity contribution is -0.138. The number of alkyl halides is 3. The number of fused-ring (bicyclic) bond motifs is 1. The van der Waals surface area contributed by atoms with Gasteiger partial charge in [0, 0.05) is 37.0 Å². The number of allylic oxidation sites excluding steroid dienone is 1. The first-order valence-electron chi connectivity index (χ1n) is 5.83. The van der Waals surface area contributed by atoms with Gasteiger partial charge in [0.15, 0.2) is 0 Å². The molecule has 2 heterocycles. The molecule has 4 nitrogen and oxygen atoms in total. The molecule has 0 unspecified atom stereocenters. The number of hydrogen-bond donors (Lipinski definition) is 0. The molecule has 2 rings (SSSR count). The SMILES string of the molecule is CN(C)C=CC(=O)c1cnc2cc(C(F)(F)F)c(Br)cn12. The third-order valence-electron chi connectivity index (χ3n) is 2.68. The molecule has 0 saturated heterocycles. The van der Waals surface area contributed by atoms with Crippen LogP contribution in [0.25, 0.3) is 5.65 Å². The Kier molecular flexibility index (Phi) is 4.08. The Morgan fingerprint density at radius 1 is 1.43 bits per heavy atom. The lowest BCUT2D eigenvalue weighted by Crippen LogP contribution is -2.09. The van der Waals surface area contributed by atoms with E-state index in [-0.39, 0.29) is 21.6 Å². The maximum atomic E-state index is 12.8. The highest BCUT2D eigenvalue weighted by atomic mass is 79.9. The predicted molar refractivity (Wildman–Crippen MR) is 75.1 cm³/mol. The van der Waals surface area contributed by atoms with E-state index in [1.807, 2.05) is 0 Å². The summed E-state index contributed by atoms with van der Waals surface area (Å²) < 4.78 is 39.6.